The Hall–Kier alpha value is -1.63. The molecule has 1 unspecified atom stereocenters. The number of hydrogen-bond acceptors (Lipinski definition) is 3. The molecule has 2 aromatic rings. The van der Waals surface area contributed by atoms with Crippen LogP contribution in [-0.4, -0.2) is 4.98 Å². The van der Waals surface area contributed by atoms with Crippen LogP contribution in [-0.2, 0) is 19.0 Å². The van der Waals surface area contributed by atoms with Crippen molar-refractivity contribution in [2.75, 3.05) is 5.73 Å². The third-order valence-corrected chi connectivity index (χ3v) is 4.67. The van der Waals surface area contributed by atoms with Gasteiger partial charge in [-0.05, 0) is 42.9 Å². The highest BCUT2D eigenvalue weighted by atomic mass is 32.1. The van der Waals surface area contributed by atoms with Gasteiger partial charge in [-0.15, -0.1) is 11.3 Å². The summed E-state index contributed by atoms with van der Waals surface area (Å²) in [6, 6.07) is 2.76. The Morgan fingerprint density at radius 1 is 1.29 bits per heavy atom. The van der Waals surface area contributed by atoms with Gasteiger partial charge in [0.25, 0.3) is 0 Å². The van der Waals surface area contributed by atoms with E-state index in [-0.39, 0.29) is 5.92 Å². The highest BCUT2D eigenvalue weighted by Crippen LogP contribution is 2.38. The van der Waals surface area contributed by atoms with E-state index in [0.29, 0.717) is 36.0 Å². The number of aromatic nitrogens is 1. The highest BCUT2D eigenvalue weighted by Gasteiger charge is 2.32. The SMILES string of the molecule is Nc1nc2c(s1)CC(c1ccc(C(F)(F)F)cc1F)CC2. The Bertz CT molecular complexity index is 678. The van der Waals surface area contributed by atoms with E-state index in [4.69, 9.17) is 5.73 Å². The molecule has 1 heterocycles. The quantitative estimate of drug-likeness (QED) is 0.803. The summed E-state index contributed by atoms with van der Waals surface area (Å²) in [5.41, 5.74) is 5.96. The van der Waals surface area contributed by atoms with E-state index >= 15 is 0 Å². The summed E-state index contributed by atoms with van der Waals surface area (Å²) >= 11 is 1.37. The number of benzene rings is 1. The first-order valence-electron chi connectivity index (χ1n) is 6.45. The van der Waals surface area contributed by atoms with E-state index in [0.717, 1.165) is 16.6 Å². The summed E-state index contributed by atoms with van der Waals surface area (Å²) in [5.74, 6) is -0.921. The van der Waals surface area contributed by atoms with Crippen molar-refractivity contribution in [1.82, 2.24) is 4.98 Å². The molecule has 3 rings (SSSR count). The highest BCUT2D eigenvalue weighted by molar-refractivity contribution is 7.15. The number of aryl methyl sites for hydroxylation is 1. The van der Waals surface area contributed by atoms with Gasteiger partial charge in [-0.25, -0.2) is 9.37 Å². The Kier molecular flexibility index (Phi) is 3.39. The van der Waals surface area contributed by atoms with Crippen LogP contribution in [0.3, 0.4) is 0 Å². The molecule has 1 aliphatic carbocycles. The molecule has 1 atom stereocenters. The number of alkyl halides is 3. The van der Waals surface area contributed by atoms with Crippen molar-refractivity contribution in [3.8, 4) is 0 Å². The maximum Gasteiger partial charge on any atom is 0.416 e. The van der Waals surface area contributed by atoms with Crippen LogP contribution in [0.5, 0.6) is 0 Å². The van der Waals surface area contributed by atoms with Crippen LogP contribution in [0.2, 0.25) is 0 Å². The van der Waals surface area contributed by atoms with Gasteiger partial charge < -0.3 is 5.73 Å². The van der Waals surface area contributed by atoms with Crippen LogP contribution in [0.1, 0.15) is 34.0 Å². The summed E-state index contributed by atoms with van der Waals surface area (Å²) < 4.78 is 51.7. The Balaban J connectivity index is 1.88. The number of anilines is 1. The van der Waals surface area contributed by atoms with Crippen LogP contribution in [0.25, 0.3) is 0 Å². The van der Waals surface area contributed by atoms with Crippen LogP contribution in [0.15, 0.2) is 18.2 Å². The first-order valence-corrected chi connectivity index (χ1v) is 7.27. The maximum absolute atomic E-state index is 14.0. The summed E-state index contributed by atoms with van der Waals surface area (Å²) in [5, 5.41) is 0.480. The number of hydrogen-bond donors (Lipinski definition) is 1. The van der Waals surface area contributed by atoms with E-state index in [9.17, 15) is 17.6 Å². The van der Waals surface area contributed by atoms with Crippen LogP contribution < -0.4 is 5.73 Å². The summed E-state index contributed by atoms with van der Waals surface area (Å²) in [6.07, 6.45) is -2.61. The maximum atomic E-state index is 14.0. The molecular weight excluding hydrogens is 304 g/mol. The molecule has 21 heavy (non-hydrogen) atoms. The number of halogens is 4. The van der Waals surface area contributed by atoms with Gasteiger partial charge in [-0.3, -0.25) is 0 Å². The molecule has 2 N–H and O–H groups in total. The molecule has 0 saturated carbocycles. The molecule has 2 nitrogen and oxygen atoms in total. The summed E-state index contributed by atoms with van der Waals surface area (Å²) in [4.78, 5) is 5.20. The predicted octanol–water partition coefficient (Wildman–Crippen LogP) is 4.16. The van der Waals surface area contributed by atoms with Crippen molar-refractivity contribution < 1.29 is 17.6 Å². The van der Waals surface area contributed by atoms with Crippen molar-refractivity contribution in [3.63, 3.8) is 0 Å². The average Bonchev–Trinajstić information content (AvgIpc) is 2.76. The number of fused-ring (bicyclic) bond motifs is 1. The lowest BCUT2D eigenvalue weighted by Crippen LogP contribution is -2.14. The van der Waals surface area contributed by atoms with Crippen LogP contribution >= 0.6 is 11.3 Å². The van der Waals surface area contributed by atoms with Crippen molar-refractivity contribution in [2.24, 2.45) is 0 Å². The van der Waals surface area contributed by atoms with Gasteiger partial charge in [-0.1, -0.05) is 6.07 Å². The summed E-state index contributed by atoms with van der Waals surface area (Å²) in [7, 11) is 0. The van der Waals surface area contributed by atoms with Crippen molar-refractivity contribution in [2.45, 2.75) is 31.4 Å². The fraction of sp³-hybridized carbons (Fsp3) is 0.357. The van der Waals surface area contributed by atoms with E-state index in [1.54, 1.807) is 0 Å². The zero-order valence-electron chi connectivity index (χ0n) is 10.9. The first-order chi connectivity index (χ1) is 9.84. The number of nitrogens with two attached hydrogens (primary N) is 1. The molecule has 0 radical (unpaired) electrons. The van der Waals surface area contributed by atoms with Gasteiger partial charge >= 0.3 is 6.18 Å². The van der Waals surface area contributed by atoms with E-state index in [1.807, 2.05) is 0 Å². The lowest BCUT2D eigenvalue weighted by Gasteiger charge is -2.22. The topological polar surface area (TPSA) is 38.9 Å². The Morgan fingerprint density at radius 2 is 2.05 bits per heavy atom. The monoisotopic (exact) mass is 316 g/mol. The van der Waals surface area contributed by atoms with Gasteiger partial charge in [-0.2, -0.15) is 13.2 Å². The molecule has 1 aromatic carbocycles. The predicted molar refractivity (Wildman–Crippen MR) is 72.7 cm³/mol. The van der Waals surface area contributed by atoms with Crippen molar-refractivity contribution >= 4 is 16.5 Å². The number of rotatable bonds is 1. The van der Waals surface area contributed by atoms with Gasteiger partial charge in [0.15, 0.2) is 5.13 Å². The number of nitrogen functional groups attached to an aromatic ring is 1. The molecule has 0 amide bonds. The van der Waals surface area contributed by atoms with E-state index < -0.39 is 17.6 Å². The smallest absolute Gasteiger partial charge is 0.375 e. The lowest BCUT2D eigenvalue weighted by molar-refractivity contribution is -0.137. The molecule has 0 bridgehead atoms. The van der Waals surface area contributed by atoms with Gasteiger partial charge in [0.05, 0.1) is 11.3 Å². The molecule has 0 aliphatic heterocycles. The largest absolute Gasteiger partial charge is 0.416 e. The normalized spacial score (nSPS) is 18.6. The first kappa shape index (κ1) is 14.3. The van der Waals surface area contributed by atoms with Gasteiger partial charge in [0, 0.05) is 4.88 Å². The minimum absolute atomic E-state index is 0.125. The molecule has 1 aliphatic rings. The second kappa shape index (κ2) is 4.98. The van der Waals surface area contributed by atoms with E-state index in [1.165, 1.54) is 17.4 Å². The van der Waals surface area contributed by atoms with E-state index in [2.05, 4.69) is 4.98 Å². The molecule has 0 saturated heterocycles. The third-order valence-electron chi connectivity index (χ3n) is 3.72. The van der Waals surface area contributed by atoms with Crippen molar-refractivity contribution in [3.05, 3.63) is 45.7 Å². The number of nitrogens with zero attached hydrogens (tertiary/aromatic N) is 1. The minimum Gasteiger partial charge on any atom is -0.375 e. The second-order valence-corrected chi connectivity index (χ2v) is 6.21. The van der Waals surface area contributed by atoms with Gasteiger partial charge in [0.2, 0.25) is 0 Å². The number of thiazole rings is 1. The fourth-order valence-corrected chi connectivity index (χ4v) is 3.65. The summed E-state index contributed by atoms with van der Waals surface area (Å²) in [6.45, 7) is 0. The minimum atomic E-state index is -4.52. The average molecular weight is 316 g/mol. The lowest BCUT2D eigenvalue weighted by atomic mass is 9.85. The molecule has 112 valence electrons. The van der Waals surface area contributed by atoms with Gasteiger partial charge in [0.1, 0.15) is 5.82 Å². The van der Waals surface area contributed by atoms with Crippen LogP contribution in [0.4, 0.5) is 22.7 Å². The molecule has 0 spiro atoms. The zero-order valence-corrected chi connectivity index (χ0v) is 11.7. The van der Waals surface area contributed by atoms with Crippen LogP contribution in [0, 0.1) is 5.82 Å². The zero-order chi connectivity index (χ0) is 15.2. The third kappa shape index (κ3) is 2.74. The Morgan fingerprint density at radius 3 is 2.71 bits per heavy atom. The standard InChI is InChI=1S/C14H12F4N2S/c15-10-6-8(14(16,17)18)2-3-9(10)7-1-4-11-12(5-7)21-13(19)20-11/h2-3,6-7H,1,4-5H2,(H2,19,20). The molecule has 0 fully saturated rings. The Labute approximate surface area is 122 Å². The van der Waals surface area contributed by atoms with Crippen molar-refractivity contribution in [1.29, 1.82) is 0 Å². The molecular formula is C14H12F4N2S. The molecule has 1 aromatic heterocycles. The second-order valence-electron chi connectivity index (χ2n) is 5.10. The molecule has 7 heteroatoms. The fourth-order valence-electron chi connectivity index (χ4n) is 2.69.